The van der Waals surface area contributed by atoms with Crippen LogP contribution in [0, 0.1) is 11.8 Å². The Morgan fingerprint density at radius 2 is 2.11 bits per heavy atom. The Morgan fingerprint density at radius 3 is 2.68 bits per heavy atom. The number of hydrogen-bond acceptors (Lipinski definition) is 4. The lowest BCUT2D eigenvalue weighted by Crippen LogP contribution is -2.40. The number of carbonyl (C=O) groups excluding carboxylic acids is 2. The maximum atomic E-state index is 11.8. The number of carboxylic acid groups (broad SMARTS) is 1. The first-order valence-corrected chi connectivity index (χ1v) is 6.43. The van der Waals surface area contributed by atoms with Crippen LogP contribution >= 0.6 is 0 Å². The second-order valence-corrected chi connectivity index (χ2v) is 5.24. The largest absolute Gasteiger partial charge is 0.479 e. The van der Waals surface area contributed by atoms with Crippen LogP contribution < -0.4 is 5.32 Å². The quantitative estimate of drug-likeness (QED) is 0.562. The van der Waals surface area contributed by atoms with Gasteiger partial charge in [-0.3, -0.25) is 9.59 Å². The van der Waals surface area contributed by atoms with E-state index in [2.05, 4.69) is 5.32 Å². The Morgan fingerprint density at radius 1 is 1.42 bits per heavy atom. The molecule has 0 spiro atoms. The average molecular weight is 270 g/mol. The maximum absolute atomic E-state index is 11.8. The van der Waals surface area contributed by atoms with Crippen molar-refractivity contribution in [2.75, 3.05) is 19.6 Å². The molecule has 2 rings (SSSR count). The molecule has 1 aliphatic carbocycles. The highest BCUT2D eigenvalue weighted by atomic mass is 16.4. The second-order valence-electron chi connectivity index (χ2n) is 5.24. The van der Waals surface area contributed by atoms with E-state index < -0.39 is 18.0 Å². The Bertz CT molecular complexity index is 394. The summed E-state index contributed by atoms with van der Waals surface area (Å²) in [6.07, 6.45) is 0.849. The minimum absolute atomic E-state index is 0.0224. The van der Waals surface area contributed by atoms with Crippen molar-refractivity contribution in [3.8, 4) is 0 Å². The zero-order valence-electron chi connectivity index (χ0n) is 10.5. The summed E-state index contributed by atoms with van der Waals surface area (Å²) in [6, 6.07) is 0. The van der Waals surface area contributed by atoms with Crippen molar-refractivity contribution in [1.82, 2.24) is 10.2 Å². The van der Waals surface area contributed by atoms with Crippen LogP contribution in [0.25, 0.3) is 0 Å². The molecular weight excluding hydrogens is 252 g/mol. The Labute approximate surface area is 110 Å². The predicted molar refractivity (Wildman–Crippen MR) is 64.1 cm³/mol. The van der Waals surface area contributed by atoms with E-state index >= 15 is 0 Å². The topological polar surface area (TPSA) is 107 Å². The van der Waals surface area contributed by atoms with Crippen LogP contribution in [-0.4, -0.2) is 58.6 Å². The minimum Gasteiger partial charge on any atom is -0.479 e. The Hall–Kier alpha value is -1.63. The molecular formula is C12H18N2O5. The van der Waals surface area contributed by atoms with Gasteiger partial charge in [0, 0.05) is 19.5 Å². The molecule has 7 nitrogen and oxygen atoms in total. The fourth-order valence-corrected chi connectivity index (χ4v) is 2.17. The highest BCUT2D eigenvalue weighted by molar-refractivity contribution is 5.89. The lowest BCUT2D eigenvalue weighted by atomic mass is 10.1. The SMILES string of the molecule is O=C(O)C(O)CNC(=O)C1CC(=O)N(CC2CC2)C1. The normalized spacial score (nSPS) is 24.4. The molecule has 1 saturated carbocycles. The molecule has 0 aromatic carbocycles. The van der Waals surface area contributed by atoms with Crippen LogP contribution in [0.1, 0.15) is 19.3 Å². The molecule has 2 atom stereocenters. The van der Waals surface area contributed by atoms with E-state index in [0.717, 1.165) is 19.4 Å². The van der Waals surface area contributed by atoms with Gasteiger partial charge in [-0.1, -0.05) is 0 Å². The lowest BCUT2D eigenvalue weighted by molar-refractivity contribution is -0.146. The van der Waals surface area contributed by atoms with Crippen molar-refractivity contribution in [1.29, 1.82) is 0 Å². The van der Waals surface area contributed by atoms with Gasteiger partial charge in [-0.15, -0.1) is 0 Å². The third kappa shape index (κ3) is 3.66. The summed E-state index contributed by atoms with van der Waals surface area (Å²) in [7, 11) is 0. The van der Waals surface area contributed by atoms with Gasteiger partial charge in [-0.25, -0.2) is 4.79 Å². The number of aliphatic carboxylic acids is 1. The number of carbonyl (C=O) groups is 3. The zero-order valence-corrected chi connectivity index (χ0v) is 10.5. The van der Waals surface area contributed by atoms with Crippen molar-refractivity contribution in [3.05, 3.63) is 0 Å². The number of aliphatic hydroxyl groups excluding tert-OH is 1. The highest BCUT2D eigenvalue weighted by Crippen LogP contribution is 2.31. The van der Waals surface area contributed by atoms with Crippen LogP contribution in [0.4, 0.5) is 0 Å². The summed E-state index contributed by atoms with van der Waals surface area (Å²) in [6.45, 7) is 0.784. The van der Waals surface area contributed by atoms with Gasteiger partial charge < -0.3 is 20.4 Å². The van der Waals surface area contributed by atoms with Crippen LogP contribution in [-0.2, 0) is 14.4 Å². The molecule has 1 saturated heterocycles. The molecule has 0 aromatic rings. The molecule has 1 heterocycles. The van der Waals surface area contributed by atoms with E-state index in [9.17, 15) is 14.4 Å². The Balaban J connectivity index is 1.77. The van der Waals surface area contributed by atoms with Crippen LogP contribution in [0.3, 0.4) is 0 Å². The first-order valence-electron chi connectivity index (χ1n) is 6.43. The molecule has 106 valence electrons. The van der Waals surface area contributed by atoms with Crippen molar-refractivity contribution in [3.63, 3.8) is 0 Å². The predicted octanol–water partition coefficient (Wildman–Crippen LogP) is -1.19. The average Bonchev–Trinajstić information content (AvgIpc) is 3.09. The lowest BCUT2D eigenvalue weighted by Gasteiger charge is -2.16. The minimum atomic E-state index is -1.61. The molecule has 0 aromatic heterocycles. The van der Waals surface area contributed by atoms with Crippen molar-refractivity contribution in [2.24, 2.45) is 11.8 Å². The molecule has 2 unspecified atom stereocenters. The number of nitrogens with zero attached hydrogens (tertiary/aromatic N) is 1. The number of amides is 2. The molecule has 19 heavy (non-hydrogen) atoms. The fraction of sp³-hybridized carbons (Fsp3) is 0.750. The monoisotopic (exact) mass is 270 g/mol. The van der Waals surface area contributed by atoms with Gasteiger partial charge in [0.05, 0.1) is 12.5 Å². The molecule has 2 aliphatic rings. The van der Waals surface area contributed by atoms with Gasteiger partial charge in [0.2, 0.25) is 11.8 Å². The highest BCUT2D eigenvalue weighted by Gasteiger charge is 2.37. The number of likely N-dealkylation sites (tertiary alicyclic amines) is 1. The standard InChI is InChI=1S/C12H18N2O5/c15-9(12(18)19)4-13-11(17)8-3-10(16)14(6-8)5-7-1-2-7/h7-9,15H,1-6H2,(H,13,17)(H,18,19). The van der Waals surface area contributed by atoms with Crippen molar-refractivity contribution < 1.29 is 24.6 Å². The molecule has 1 aliphatic heterocycles. The number of rotatable bonds is 6. The zero-order chi connectivity index (χ0) is 14.0. The van der Waals surface area contributed by atoms with Gasteiger partial charge >= 0.3 is 5.97 Å². The van der Waals surface area contributed by atoms with Crippen LogP contribution in [0.15, 0.2) is 0 Å². The van der Waals surface area contributed by atoms with E-state index in [4.69, 9.17) is 10.2 Å². The molecule has 2 amide bonds. The summed E-state index contributed by atoms with van der Waals surface area (Å²) in [5.41, 5.74) is 0. The summed E-state index contributed by atoms with van der Waals surface area (Å²) < 4.78 is 0. The maximum Gasteiger partial charge on any atom is 0.334 e. The summed E-state index contributed by atoms with van der Waals surface area (Å²) in [5, 5.41) is 19.9. The number of carboxylic acids is 1. The van der Waals surface area contributed by atoms with Gasteiger partial charge in [-0.2, -0.15) is 0 Å². The van der Waals surface area contributed by atoms with E-state index in [1.807, 2.05) is 0 Å². The molecule has 7 heteroatoms. The first-order chi connectivity index (χ1) is 8.97. The van der Waals surface area contributed by atoms with Crippen molar-refractivity contribution in [2.45, 2.75) is 25.4 Å². The van der Waals surface area contributed by atoms with Gasteiger partial charge in [0.1, 0.15) is 0 Å². The van der Waals surface area contributed by atoms with Gasteiger partial charge in [-0.05, 0) is 18.8 Å². The molecule has 3 N–H and O–H groups in total. The smallest absolute Gasteiger partial charge is 0.334 e. The molecule has 2 fully saturated rings. The Kier molecular flexibility index (Phi) is 4.04. The van der Waals surface area contributed by atoms with Crippen LogP contribution in [0.5, 0.6) is 0 Å². The van der Waals surface area contributed by atoms with E-state index in [1.165, 1.54) is 0 Å². The van der Waals surface area contributed by atoms with E-state index in [0.29, 0.717) is 12.5 Å². The number of hydrogen-bond donors (Lipinski definition) is 3. The van der Waals surface area contributed by atoms with Crippen molar-refractivity contribution >= 4 is 17.8 Å². The van der Waals surface area contributed by atoms with E-state index in [1.54, 1.807) is 4.90 Å². The second kappa shape index (κ2) is 5.56. The van der Waals surface area contributed by atoms with Gasteiger partial charge in [0.25, 0.3) is 0 Å². The summed E-state index contributed by atoms with van der Waals surface area (Å²) >= 11 is 0. The third-order valence-corrected chi connectivity index (χ3v) is 3.52. The molecule has 0 radical (unpaired) electrons. The third-order valence-electron chi connectivity index (χ3n) is 3.52. The molecule has 0 bridgehead atoms. The number of aliphatic hydroxyl groups is 1. The van der Waals surface area contributed by atoms with E-state index in [-0.39, 0.29) is 24.8 Å². The van der Waals surface area contributed by atoms with Gasteiger partial charge in [0.15, 0.2) is 6.10 Å². The van der Waals surface area contributed by atoms with Crippen LogP contribution in [0.2, 0.25) is 0 Å². The summed E-state index contributed by atoms with van der Waals surface area (Å²) in [5.74, 6) is -1.62. The number of nitrogens with one attached hydrogen (secondary N) is 1. The fourth-order valence-electron chi connectivity index (χ4n) is 2.17. The summed E-state index contributed by atoms with van der Waals surface area (Å²) in [4.78, 5) is 35.6. The first kappa shape index (κ1) is 13.8.